The van der Waals surface area contributed by atoms with Gasteiger partial charge >= 0.3 is 5.97 Å². The molecule has 0 unspecified atom stereocenters. The summed E-state index contributed by atoms with van der Waals surface area (Å²) < 4.78 is 0. The molecule has 6 nitrogen and oxygen atoms in total. The third-order valence-corrected chi connectivity index (χ3v) is 3.06. The van der Waals surface area contributed by atoms with Gasteiger partial charge in [0.15, 0.2) is 0 Å². The van der Waals surface area contributed by atoms with Crippen LogP contribution in [0.4, 0.5) is 11.4 Å². The van der Waals surface area contributed by atoms with E-state index in [9.17, 15) is 20.0 Å². The van der Waals surface area contributed by atoms with Crippen LogP contribution in [0.5, 0.6) is 0 Å². The summed E-state index contributed by atoms with van der Waals surface area (Å²) in [6.07, 6.45) is 0.781. The third kappa shape index (κ3) is 2.77. The summed E-state index contributed by atoms with van der Waals surface area (Å²) in [6, 6.07) is 5.85. The molecule has 1 rings (SSSR count). The van der Waals surface area contributed by atoms with Crippen molar-refractivity contribution in [3.8, 4) is 0 Å². The van der Waals surface area contributed by atoms with E-state index in [-0.39, 0.29) is 5.69 Å². The molecule has 1 aromatic rings. The van der Waals surface area contributed by atoms with Gasteiger partial charge in [0.05, 0.1) is 4.92 Å². The first kappa shape index (κ1) is 14.0. The molecule has 0 saturated carbocycles. The van der Waals surface area contributed by atoms with Crippen molar-refractivity contribution < 1.29 is 14.8 Å². The second-order valence-electron chi connectivity index (χ2n) is 4.03. The first-order valence-corrected chi connectivity index (χ1v) is 5.71. The number of carbonyl (C=O) groups is 1. The van der Waals surface area contributed by atoms with E-state index in [2.05, 4.69) is 5.32 Å². The Balaban J connectivity index is 3.05. The Morgan fingerprint density at radius 1 is 1.44 bits per heavy atom. The third-order valence-electron chi connectivity index (χ3n) is 3.06. The molecular formula is C12H16N2O4. The minimum absolute atomic E-state index is 0.0634. The highest BCUT2D eigenvalue weighted by atomic mass is 16.6. The predicted octanol–water partition coefficient (Wildman–Crippen LogP) is 2.65. The van der Waals surface area contributed by atoms with Crippen LogP contribution in [-0.4, -0.2) is 21.5 Å². The number of anilines is 1. The molecule has 0 bridgehead atoms. The number of carboxylic acids is 1. The maximum absolute atomic E-state index is 11.3. The molecule has 0 aromatic heterocycles. The fourth-order valence-electron chi connectivity index (χ4n) is 1.76. The molecule has 98 valence electrons. The smallest absolute Gasteiger partial charge is 0.329 e. The number of benzene rings is 1. The molecule has 0 heterocycles. The fourth-order valence-corrected chi connectivity index (χ4v) is 1.76. The van der Waals surface area contributed by atoms with Crippen LogP contribution in [0.25, 0.3) is 0 Å². The quantitative estimate of drug-likeness (QED) is 0.599. The zero-order valence-corrected chi connectivity index (χ0v) is 10.3. The molecular weight excluding hydrogens is 236 g/mol. The standard InChI is InChI=1S/C12H16N2O4/c1-3-12(4-2,11(15)16)13-9-6-5-7-10(8-9)14(17)18/h5-8,13H,3-4H2,1-2H3,(H,15,16). The van der Waals surface area contributed by atoms with Crippen molar-refractivity contribution in [3.63, 3.8) is 0 Å². The van der Waals surface area contributed by atoms with Crippen molar-refractivity contribution in [1.29, 1.82) is 0 Å². The number of aliphatic carboxylic acids is 1. The van der Waals surface area contributed by atoms with Crippen molar-refractivity contribution >= 4 is 17.3 Å². The minimum atomic E-state index is -1.09. The van der Waals surface area contributed by atoms with Crippen molar-refractivity contribution in [2.75, 3.05) is 5.32 Å². The summed E-state index contributed by atoms with van der Waals surface area (Å²) in [5, 5.41) is 22.8. The number of hydrogen-bond donors (Lipinski definition) is 2. The Labute approximate surface area is 105 Å². The average molecular weight is 252 g/mol. The van der Waals surface area contributed by atoms with Gasteiger partial charge in [-0.05, 0) is 18.9 Å². The number of hydrogen-bond acceptors (Lipinski definition) is 4. The molecule has 18 heavy (non-hydrogen) atoms. The molecule has 0 saturated heterocycles. The predicted molar refractivity (Wildman–Crippen MR) is 67.7 cm³/mol. The van der Waals surface area contributed by atoms with Gasteiger partial charge in [-0.1, -0.05) is 19.9 Å². The lowest BCUT2D eigenvalue weighted by molar-refractivity contribution is -0.384. The summed E-state index contributed by atoms with van der Waals surface area (Å²) >= 11 is 0. The zero-order valence-electron chi connectivity index (χ0n) is 10.3. The second-order valence-corrected chi connectivity index (χ2v) is 4.03. The van der Waals surface area contributed by atoms with Crippen LogP contribution in [0.3, 0.4) is 0 Å². The number of nitro groups is 1. The molecule has 6 heteroatoms. The van der Waals surface area contributed by atoms with Gasteiger partial charge in [0.25, 0.3) is 5.69 Å². The monoisotopic (exact) mass is 252 g/mol. The first-order valence-electron chi connectivity index (χ1n) is 5.71. The van der Waals surface area contributed by atoms with Gasteiger partial charge in [0.1, 0.15) is 5.54 Å². The van der Waals surface area contributed by atoms with Crippen LogP contribution in [0.1, 0.15) is 26.7 Å². The van der Waals surface area contributed by atoms with Gasteiger partial charge < -0.3 is 10.4 Å². The number of rotatable bonds is 6. The lowest BCUT2D eigenvalue weighted by atomic mass is 9.92. The van der Waals surface area contributed by atoms with Crippen LogP contribution in [0, 0.1) is 10.1 Å². The summed E-state index contributed by atoms with van der Waals surface area (Å²) in [7, 11) is 0. The van der Waals surface area contributed by atoms with Gasteiger partial charge in [0.2, 0.25) is 0 Å². The molecule has 1 aromatic carbocycles. The van der Waals surface area contributed by atoms with E-state index >= 15 is 0 Å². The van der Waals surface area contributed by atoms with Gasteiger partial charge in [0, 0.05) is 17.8 Å². The molecule has 0 aliphatic heterocycles. The Bertz CT molecular complexity index is 455. The second kappa shape index (κ2) is 5.48. The summed E-state index contributed by atoms with van der Waals surface area (Å²) in [4.78, 5) is 21.5. The minimum Gasteiger partial charge on any atom is -0.480 e. The highest BCUT2D eigenvalue weighted by molar-refractivity contribution is 5.82. The number of nitrogens with one attached hydrogen (secondary N) is 1. The van der Waals surface area contributed by atoms with Crippen molar-refractivity contribution in [1.82, 2.24) is 0 Å². The van der Waals surface area contributed by atoms with E-state index in [4.69, 9.17) is 0 Å². The van der Waals surface area contributed by atoms with Crippen molar-refractivity contribution in [2.24, 2.45) is 0 Å². The van der Waals surface area contributed by atoms with E-state index in [0.717, 1.165) is 0 Å². The van der Waals surface area contributed by atoms with Crippen LogP contribution < -0.4 is 5.32 Å². The van der Waals surface area contributed by atoms with Crippen LogP contribution >= 0.6 is 0 Å². The van der Waals surface area contributed by atoms with Crippen LogP contribution in [0.15, 0.2) is 24.3 Å². The van der Waals surface area contributed by atoms with E-state index < -0.39 is 16.4 Å². The molecule has 0 aliphatic rings. The largest absolute Gasteiger partial charge is 0.480 e. The Kier molecular flexibility index (Phi) is 4.25. The van der Waals surface area contributed by atoms with Gasteiger partial charge in [-0.3, -0.25) is 10.1 Å². The highest BCUT2D eigenvalue weighted by Gasteiger charge is 2.34. The van der Waals surface area contributed by atoms with E-state index in [1.807, 2.05) is 0 Å². The lowest BCUT2D eigenvalue weighted by Gasteiger charge is -2.29. The Morgan fingerprint density at radius 3 is 2.50 bits per heavy atom. The number of carboxylic acid groups (broad SMARTS) is 1. The number of nitrogens with zero attached hydrogens (tertiary/aromatic N) is 1. The number of nitro benzene ring substituents is 1. The van der Waals surface area contributed by atoms with Crippen molar-refractivity contribution in [2.45, 2.75) is 32.2 Å². The maximum atomic E-state index is 11.3. The molecule has 0 spiro atoms. The highest BCUT2D eigenvalue weighted by Crippen LogP contribution is 2.25. The molecule has 0 aliphatic carbocycles. The number of non-ortho nitro benzene ring substituents is 1. The molecule has 0 fully saturated rings. The van der Waals surface area contributed by atoms with E-state index in [0.29, 0.717) is 18.5 Å². The summed E-state index contributed by atoms with van der Waals surface area (Å²) in [5.41, 5.74) is -0.711. The lowest BCUT2D eigenvalue weighted by Crippen LogP contribution is -2.45. The van der Waals surface area contributed by atoms with Gasteiger partial charge in [-0.2, -0.15) is 0 Å². The first-order chi connectivity index (χ1) is 8.45. The zero-order chi connectivity index (χ0) is 13.8. The summed E-state index contributed by atoms with van der Waals surface area (Å²) in [6.45, 7) is 3.53. The summed E-state index contributed by atoms with van der Waals surface area (Å²) in [5.74, 6) is -0.959. The van der Waals surface area contributed by atoms with Crippen LogP contribution in [-0.2, 0) is 4.79 Å². The molecule has 0 atom stereocenters. The van der Waals surface area contributed by atoms with Crippen molar-refractivity contribution in [3.05, 3.63) is 34.4 Å². The molecule has 0 radical (unpaired) electrons. The topological polar surface area (TPSA) is 92.5 Å². The normalized spacial score (nSPS) is 11.0. The molecule has 2 N–H and O–H groups in total. The van der Waals surface area contributed by atoms with Crippen LogP contribution in [0.2, 0.25) is 0 Å². The SMILES string of the molecule is CCC(CC)(Nc1cccc([N+](=O)[O-])c1)C(=O)O. The van der Waals surface area contributed by atoms with E-state index in [1.165, 1.54) is 18.2 Å². The maximum Gasteiger partial charge on any atom is 0.329 e. The fraction of sp³-hybridized carbons (Fsp3) is 0.417. The van der Waals surface area contributed by atoms with E-state index in [1.54, 1.807) is 19.9 Å². The average Bonchev–Trinajstić information content (AvgIpc) is 2.36. The Hall–Kier alpha value is -2.11. The molecule has 0 amide bonds. The Morgan fingerprint density at radius 2 is 2.06 bits per heavy atom. The van der Waals surface area contributed by atoms with Gasteiger partial charge in [-0.25, -0.2) is 4.79 Å². The van der Waals surface area contributed by atoms with Gasteiger partial charge in [-0.15, -0.1) is 0 Å².